The number of nitrogens with one attached hydrogen (secondary N) is 1. The summed E-state index contributed by atoms with van der Waals surface area (Å²) in [6, 6.07) is 17.0. The van der Waals surface area contributed by atoms with Crippen LogP contribution in [0, 0.1) is 0 Å². The normalized spacial score (nSPS) is 18.3. The van der Waals surface area contributed by atoms with Gasteiger partial charge < -0.3 is 0 Å². The smallest absolute Gasteiger partial charge is 0.273 e. The molecule has 2 atom stereocenters. The van der Waals surface area contributed by atoms with Crippen LogP contribution in [0.4, 0.5) is 0 Å². The van der Waals surface area contributed by atoms with Gasteiger partial charge >= 0.3 is 6.15 Å². The molecule has 2 amide bonds. The van der Waals surface area contributed by atoms with Gasteiger partial charge in [-0.15, -0.1) is 0 Å². The molecule has 3 rings (SSSR count). The highest BCUT2D eigenvalue weighted by molar-refractivity contribution is 9.10. The van der Waals surface area contributed by atoms with E-state index in [0.717, 1.165) is 16.5 Å². The first kappa shape index (κ1) is 20.6. The van der Waals surface area contributed by atoms with Crippen molar-refractivity contribution in [2.75, 3.05) is 0 Å². The maximum atomic E-state index is 12.5. The number of hydrogen-bond acceptors (Lipinski definition) is 4. The molecular weight excluding hydrogens is 412 g/mol. The van der Waals surface area contributed by atoms with Crippen LogP contribution in [-0.4, -0.2) is 29.0 Å². The third-order valence-corrected chi connectivity index (χ3v) is 4.96. The monoisotopic (exact) mass is 430 g/mol. The fraction of sp³-hybridized carbons (Fsp3) is 0.250. The van der Waals surface area contributed by atoms with E-state index in [9.17, 15) is 9.59 Å². The molecule has 6 nitrogen and oxygen atoms in total. The zero-order chi connectivity index (χ0) is 19.8. The van der Waals surface area contributed by atoms with Crippen LogP contribution >= 0.6 is 15.9 Å². The summed E-state index contributed by atoms with van der Waals surface area (Å²) in [6.45, 7) is 2.04. The van der Waals surface area contributed by atoms with E-state index in [2.05, 4.69) is 21.4 Å². The Morgan fingerprint density at radius 3 is 2.30 bits per heavy atom. The Labute approximate surface area is 165 Å². The number of benzene rings is 2. The Morgan fingerprint density at radius 2 is 1.74 bits per heavy atom. The van der Waals surface area contributed by atoms with Crippen molar-refractivity contribution in [3.05, 3.63) is 70.2 Å². The Morgan fingerprint density at radius 1 is 1.15 bits per heavy atom. The molecule has 1 aliphatic heterocycles. The minimum Gasteiger partial charge on any atom is -0.273 e. The zero-order valence-electron chi connectivity index (χ0n) is 14.7. The molecule has 0 spiro atoms. The highest BCUT2D eigenvalue weighted by Crippen LogP contribution is 2.35. The van der Waals surface area contributed by atoms with Crippen molar-refractivity contribution in [1.82, 2.24) is 10.4 Å². The lowest BCUT2D eigenvalue weighted by Crippen LogP contribution is -2.48. The molecule has 0 aliphatic carbocycles. The quantitative estimate of drug-likeness (QED) is 0.806. The van der Waals surface area contributed by atoms with Gasteiger partial charge in [0.1, 0.15) is 0 Å². The molecule has 1 saturated heterocycles. The van der Waals surface area contributed by atoms with E-state index in [0.29, 0.717) is 12.0 Å². The van der Waals surface area contributed by atoms with E-state index >= 15 is 0 Å². The van der Waals surface area contributed by atoms with Crippen LogP contribution in [0.25, 0.3) is 0 Å². The van der Waals surface area contributed by atoms with Crippen molar-refractivity contribution in [2.24, 2.45) is 0 Å². The van der Waals surface area contributed by atoms with Crippen molar-refractivity contribution in [3.8, 4) is 0 Å². The van der Waals surface area contributed by atoms with E-state index in [4.69, 9.17) is 9.59 Å². The summed E-state index contributed by atoms with van der Waals surface area (Å²) >= 11 is 3.43. The summed E-state index contributed by atoms with van der Waals surface area (Å²) in [5.41, 5.74) is 4.46. The molecule has 27 heavy (non-hydrogen) atoms. The highest BCUT2D eigenvalue weighted by atomic mass is 79.9. The average Bonchev–Trinajstić information content (AvgIpc) is 2.99. The minimum atomic E-state index is -0.251. The van der Waals surface area contributed by atoms with Gasteiger partial charge in [-0.2, -0.15) is 9.59 Å². The van der Waals surface area contributed by atoms with E-state index < -0.39 is 0 Å². The second-order valence-electron chi connectivity index (χ2n) is 5.99. The van der Waals surface area contributed by atoms with Crippen LogP contribution < -0.4 is 5.43 Å². The SMILES string of the molecule is CC[C@H]1[C@H](c2ccc(Br)cc2)CC(=O)N1NC(=O)c1ccccc1.O=C=O. The lowest BCUT2D eigenvalue weighted by atomic mass is 9.90. The van der Waals surface area contributed by atoms with Gasteiger partial charge in [-0.3, -0.25) is 20.0 Å². The molecule has 1 fully saturated rings. The first-order chi connectivity index (χ1) is 13.0. The molecule has 7 heteroatoms. The van der Waals surface area contributed by atoms with Gasteiger partial charge in [0.25, 0.3) is 5.91 Å². The van der Waals surface area contributed by atoms with Gasteiger partial charge in [0.05, 0.1) is 6.04 Å². The number of hydrogen-bond donors (Lipinski definition) is 1. The summed E-state index contributed by atoms with van der Waals surface area (Å²) < 4.78 is 1.01. The molecule has 0 unspecified atom stereocenters. The summed E-state index contributed by atoms with van der Waals surface area (Å²) in [6.07, 6.45) is 1.44. The number of halogens is 1. The number of amides is 2. The first-order valence-electron chi connectivity index (χ1n) is 8.44. The second kappa shape index (κ2) is 9.80. The fourth-order valence-corrected chi connectivity index (χ4v) is 3.48. The van der Waals surface area contributed by atoms with Gasteiger partial charge in [-0.1, -0.05) is 53.2 Å². The summed E-state index contributed by atoms with van der Waals surface area (Å²) in [5, 5.41) is 1.52. The van der Waals surface area contributed by atoms with E-state index in [1.165, 1.54) is 5.01 Å². The standard InChI is InChI=1S/C19H19BrN2O2.CO2/c1-2-17-16(13-8-10-15(20)11-9-13)12-18(23)22(17)21-19(24)14-6-4-3-5-7-14;2-1-3/h3-11,16-17H,2,12H2,1H3,(H,21,24);/t16-,17-;/m0./s1. The number of rotatable bonds is 4. The summed E-state index contributed by atoms with van der Waals surface area (Å²) in [4.78, 5) is 41.1. The fourth-order valence-electron chi connectivity index (χ4n) is 3.21. The molecule has 140 valence electrons. The van der Waals surface area contributed by atoms with Crippen molar-refractivity contribution in [2.45, 2.75) is 31.7 Å². The zero-order valence-corrected chi connectivity index (χ0v) is 16.3. The third kappa shape index (κ3) is 5.12. The van der Waals surface area contributed by atoms with Crippen LogP contribution in [0.5, 0.6) is 0 Å². The largest absolute Gasteiger partial charge is 0.373 e. The number of nitrogens with zero attached hydrogens (tertiary/aromatic N) is 1. The molecule has 0 saturated carbocycles. The van der Waals surface area contributed by atoms with Crippen LogP contribution in [0.3, 0.4) is 0 Å². The van der Waals surface area contributed by atoms with Gasteiger partial charge in [0, 0.05) is 22.4 Å². The van der Waals surface area contributed by atoms with Gasteiger partial charge in [0.15, 0.2) is 0 Å². The van der Waals surface area contributed by atoms with Crippen molar-refractivity contribution >= 4 is 33.9 Å². The number of carbonyl (C=O) groups is 2. The predicted octanol–water partition coefficient (Wildman–Crippen LogP) is 3.31. The predicted molar refractivity (Wildman–Crippen MR) is 101 cm³/mol. The van der Waals surface area contributed by atoms with Crippen LogP contribution in [-0.2, 0) is 14.4 Å². The van der Waals surface area contributed by atoms with Crippen LogP contribution in [0.2, 0.25) is 0 Å². The molecule has 0 aromatic heterocycles. The molecular formula is C20H19BrN2O4. The lowest BCUT2D eigenvalue weighted by molar-refractivity contribution is -0.191. The van der Waals surface area contributed by atoms with Gasteiger partial charge in [0.2, 0.25) is 5.91 Å². The number of hydrazine groups is 1. The topological polar surface area (TPSA) is 83.6 Å². The average molecular weight is 431 g/mol. The summed E-state index contributed by atoms with van der Waals surface area (Å²) in [7, 11) is 0. The Bertz CT molecular complexity index is 818. The third-order valence-electron chi connectivity index (χ3n) is 4.43. The molecule has 2 aromatic carbocycles. The number of carbonyl (C=O) groups excluding carboxylic acids is 4. The first-order valence-corrected chi connectivity index (χ1v) is 9.24. The van der Waals surface area contributed by atoms with Crippen molar-refractivity contribution in [3.63, 3.8) is 0 Å². The Balaban J connectivity index is 0.000000817. The van der Waals surface area contributed by atoms with E-state index in [1.54, 1.807) is 12.1 Å². The van der Waals surface area contributed by atoms with Crippen LogP contribution in [0.1, 0.15) is 41.6 Å². The van der Waals surface area contributed by atoms with Gasteiger partial charge in [-0.25, -0.2) is 0 Å². The molecule has 0 bridgehead atoms. The maximum absolute atomic E-state index is 12.5. The lowest BCUT2D eigenvalue weighted by Gasteiger charge is -2.27. The second-order valence-corrected chi connectivity index (χ2v) is 6.91. The highest BCUT2D eigenvalue weighted by Gasteiger charge is 2.40. The van der Waals surface area contributed by atoms with Gasteiger partial charge in [-0.05, 0) is 36.2 Å². The van der Waals surface area contributed by atoms with E-state index in [-0.39, 0.29) is 29.9 Å². The Kier molecular flexibility index (Phi) is 7.46. The molecule has 1 N–H and O–H groups in total. The van der Waals surface area contributed by atoms with Crippen molar-refractivity contribution in [1.29, 1.82) is 0 Å². The molecule has 1 aliphatic rings. The minimum absolute atomic E-state index is 0.0358. The van der Waals surface area contributed by atoms with E-state index in [1.807, 2.05) is 49.4 Å². The summed E-state index contributed by atoms with van der Waals surface area (Å²) in [5.74, 6) is -0.204. The molecule has 0 radical (unpaired) electrons. The molecule has 2 aromatic rings. The molecule has 1 heterocycles. The van der Waals surface area contributed by atoms with Crippen molar-refractivity contribution < 1.29 is 19.2 Å². The van der Waals surface area contributed by atoms with Crippen LogP contribution in [0.15, 0.2) is 59.1 Å². The Hall–Kier alpha value is -2.76. The maximum Gasteiger partial charge on any atom is 0.373 e.